The number of para-hydroxylation sites is 1. The maximum atomic E-state index is 9.00. The van der Waals surface area contributed by atoms with E-state index in [1.807, 2.05) is 22.6 Å². The van der Waals surface area contributed by atoms with Crippen LogP contribution >= 0.6 is 22.6 Å². The van der Waals surface area contributed by atoms with E-state index in [1.54, 1.807) is 12.1 Å². The fourth-order valence-electron chi connectivity index (χ4n) is 0.504. The summed E-state index contributed by atoms with van der Waals surface area (Å²) in [6.45, 7) is 2.17. The highest BCUT2D eigenvalue weighted by molar-refractivity contribution is 14.1. The third-order valence-corrected chi connectivity index (χ3v) is 1.84. The molecule has 0 atom stereocenters. The highest BCUT2D eigenvalue weighted by atomic mass is 127. The molecule has 0 amide bonds. The summed E-state index contributed by atoms with van der Waals surface area (Å²) in [5.74, 6) is -1.78. The number of carboxylic acid groups (broad SMARTS) is 2. The summed E-state index contributed by atoms with van der Waals surface area (Å²) in [5.41, 5.74) is 0. The van der Waals surface area contributed by atoms with E-state index in [4.69, 9.17) is 30.0 Å². The Hall–Kier alpha value is -1.51. The standard InChI is InChI=1S/C6H5IO2.2C2H4O2/c7-4-2-1-3-5(8)6(4)9;2*1-2(3)4/h1-3,8-9H;2*1H3,(H,3,4). The lowest BCUT2D eigenvalue weighted by Crippen LogP contribution is -1.78. The van der Waals surface area contributed by atoms with E-state index in [9.17, 15) is 0 Å². The molecule has 0 unspecified atom stereocenters. The molecule has 0 saturated carbocycles. The number of carbonyl (C=O) groups is 2. The molecule has 1 rings (SSSR count). The summed E-state index contributed by atoms with van der Waals surface area (Å²) in [6.07, 6.45) is 0. The molecule has 0 bridgehead atoms. The van der Waals surface area contributed by atoms with Gasteiger partial charge in [0.05, 0.1) is 3.57 Å². The van der Waals surface area contributed by atoms with Crippen molar-refractivity contribution in [3.63, 3.8) is 0 Å². The lowest BCUT2D eigenvalue weighted by atomic mass is 10.3. The average molecular weight is 356 g/mol. The normalized spacial score (nSPS) is 7.94. The Morgan fingerprint density at radius 2 is 1.41 bits per heavy atom. The molecule has 4 N–H and O–H groups in total. The molecule has 0 aliphatic carbocycles. The Labute approximate surface area is 112 Å². The molecule has 1 aromatic carbocycles. The summed E-state index contributed by atoms with van der Waals surface area (Å²) in [4.78, 5) is 18.0. The second kappa shape index (κ2) is 9.70. The maximum absolute atomic E-state index is 9.00. The van der Waals surface area contributed by atoms with Gasteiger partial charge in [0, 0.05) is 13.8 Å². The van der Waals surface area contributed by atoms with Crippen molar-refractivity contribution in [2.24, 2.45) is 0 Å². The van der Waals surface area contributed by atoms with Crippen LogP contribution in [0.3, 0.4) is 0 Å². The minimum absolute atomic E-state index is 0.0434. The number of hydrogen-bond acceptors (Lipinski definition) is 4. The van der Waals surface area contributed by atoms with Crippen molar-refractivity contribution in [2.75, 3.05) is 0 Å². The topological polar surface area (TPSA) is 115 Å². The molecule has 96 valence electrons. The van der Waals surface area contributed by atoms with E-state index < -0.39 is 11.9 Å². The van der Waals surface area contributed by atoms with E-state index in [1.165, 1.54) is 6.07 Å². The lowest BCUT2D eigenvalue weighted by Gasteiger charge is -1.96. The van der Waals surface area contributed by atoms with Gasteiger partial charge in [0.1, 0.15) is 0 Å². The van der Waals surface area contributed by atoms with Crippen LogP contribution in [0.4, 0.5) is 0 Å². The van der Waals surface area contributed by atoms with Crippen LogP contribution in [-0.4, -0.2) is 32.4 Å². The monoisotopic (exact) mass is 356 g/mol. The van der Waals surface area contributed by atoms with Crippen LogP contribution in [0, 0.1) is 3.57 Å². The fraction of sp³-hybridized carbons (Fsp3) is 0.200. The van der Waals surface area contributed by atoms with Gasteiger partial charge >= 0.3 is 0 Å². The molecule has 0 aromatic heterocycles. The Morgan fingerprint density at radius 1 is 1.06 bits per heavy atom. The molecule has 6 nitrogen and oxygen atoms in total. The van der Waals surface area contributed by atoms with Crippen LogP contribution in [0.2, 0.25) is 0 Å². The average Bonchev–Trinajstić information content (AvgIpc) is 2.12. The third kappa shape index (κ3) is 14.5. The molecule has 1 aromatic rings. The van der Waals surface area contributed by atoms with Crippen LogP contribution < -0.4 is 0 Å². The molecule has 0 saturated heterocycles. The van der Waals surface area contributed by atoms with Gasteiger partial charge in [0.15, 0.2) is 11.5 Å². The van der Waals surface area contributed by atoms with Gasteiger partial charge in [-0.1, -0.05) is 6.07 Å². The maximum Gasteiger partial charge on any atom is 0.300 e. The van der Waals surface area contributed by atoms with Crippen molar-refractivity contribution in [1.82, 2.24) is 0 Å². The van der Waals surface area contributed by atoms with Crippen LogP contribution in [0.15, 0.2) is 18.2 Å². The first-order valence-electron chi connectivity index (χ1n) is 4.24. The Bertz CT molecular complexity index is 337. The van der Waals surface area contributed by atoms with Crippen molar-refractivity contribution in [3.05, 3.63) is 21.8 Å². The molecule has 0 fully saturated rings. The molecule has 0 spiro atoms. The molecular formula is C10H13IO6. The number of phenolic OH excluding ortho intramolecular Hbond substituents is 2. The number of benzene rings is 1. The van der Waals surface area contributed by atoms with Crippen LogP contribution in [-0.2, 0) is 9.59 Å². The molecule has 0 radical (unpaired) electrons. The minimum atomic E-state index is -0.833. The summed E-state index contributed by atoms with van der Waals surface area (Å²) in [7, 11) is 0. The summed E-state index contributed by atoms with van der Waals surface area (Å²) in [6, 6.07) is 4.84. The number of carboxylic acids is 2. The zero-order valence-electron chi connectivity index (χ0n) is 9.22. The summed E-state index contributed by atoms with van der Waals surface area (Å²) in [5, 5.41) is 32.6. The van der Waals surface area contributed by atoms with Crippen molar-refractivity contribution >= 4 is 34.5 Å². The van der Waals surface area contributed by atoms with E-state index >= 15 is 0 Å². The number of phenols is 2. The second-order valence-corrected chi connectivity index (χ2v) is 3.81. The third-order valence-electron chi connectivity index (χ3n) is 0.965. The van der Waals surface area contributed by atoms with Gasteiger partial charge in [-0.2, -0.15) is 0 Å². The van der Waals surface area contributed by atoms with Crippen molar-refractivity contribution in [2.45, 2.75) is 13.8 Å². The van der Waals surface area contributed by atoms with E-state index in [2.05, 4.69) is 0 Å². The first-order chi connectivity index (χ1) is 7.68. The summed E-state index contributed by atoms with van der Waals surface area (Å²) < 4.78 is 0.660. The van der Waals surface area contributed by atoms with Gasteiger partial charge in [0.25, 0.3) is 11.9 Å². The van der Waals surface area contributed by atoms with Gasteiger partial charge in [-0.05, 0) is 34.7 Å². The predicted octanol–water partition coefficient (Wildman–Crippen LogP) is 1.88. The van der Waals surface area contributed by atoms with Crippen LogP contribution in [0.25, 0.3) is 0 Å². The molecule has 7 heteroatoms. The zero-order valence-corrected chi connectivity index (χ0v) is 11.4. The first kappa shape index (κ1) is 17.9. The molecule has 0 aliphatic rings. The van der Waals surface area contributed by atoms with E-state index in [0.29, 0.717) is 3.57 Å². The fourth-order valence-corrected chi connectivity index (χ4v) is 0.988. The number of rotatable bonds is 0. The van der Waals surface area contributed by atoms with Gasteiger partial charge in [-0.15, -0.1) is 0 Å². The van der Waals surface area contributed by atoms with Gasteiger partial charge in [0.2, 0.25) is 0 Å². The number of aliphatic carboxylic acids is 2. The van der Waals surface area contributed by atoms with Gasteiger partial charge < -0.3 is 20.4 Å². The smallest absolute Gasteiger partial charge is 0.300 e. The Morgan fingerprint density at radius 3 is 1.65 bits per heavy atom. The van der Waals surface area contributed by atoms with Crippen LogP contribution in [0.5, 0.6) is 11.5 Å². The Kier molecular flexibility index (Phi) is 10.2. The van der Waals surface area contributed by atoms with Crippen LogP contribution in [0.1, 0.15) is 13.8 Å². The number of aromatic hydroxyl groups is 2. The van der Waals surface area contributed by atoms with E-state index in [0.717, 1.165) is 13.8 Å². The van der Waals surface area contributed by atoms with Crippen molar-refractivity contribution in [1.29, 1.82) is 0 Å². The minimum Gasteiger partial charge on any atom is -0.504 e. The molecular weight excluding hydrogens is 343 g/mol. The number of hydrogen-bond donors (Lipinski definition) is 4. The second-order valence-electron chi connectivity index (χ2n) is 2.65. The SMILES string of the molecule is CC(=O)O.CC(=O)O.Oc1cccc(I)c1O. The lowest BCUT2D eigenvalue weighted by molar-refractivity contribution is -0.135. The summed E-state index contributed by atoms with van der Waals surface area (Å²) >= 11 is 1.94. The zero-order chi connectivity index (χ0) is 14.0. The van der Waals surface area contributed by atoms with Gasteiger partial charge in [-0.25, -0.2) is 0 Å². The molecule has 17 heavy (non-hydrogen) atoms. The van der Waals surface area contributed by atoms with E-state index in [-0.39, 0.29) is 11.5 Å². The number of halogens is 1. The van der Waals surface area contributed by atoms with Crippen molar-refractivity contribution < 1.29 is 30.0 Å². The predicted molar refractivity (Wildman–Crippen MR) is 69.1 cm³/mol. The molecule has 0 heterocycles. The highest BCUT2D eigenvalue weighted by Gasteiger charge is 1.99. The highest BCUT2D eigenvalue weighted by Crippen LogP contribution is 2.28. The van der Waals surface area contributed by atoms with Gasteiger partial charge in [-0.3, -0.25) is 9.59 Å². The quantitative estimate of drug-likeness (QED) is 0.417. The van der Waals surface area contributed by atoms with Crippen molar-refractivity contribution in [3.8, 4) is 11.5 Å². The molecule has 0 aliphatic heterocycles. The Balaban J connectivity index is 0. The first-order valence-corrected chi connectivity index (χ1v) is 5.31. The largest absolute Gasteiger partial charge is 0.504 e.